The van der Waals surface area contributed by atoms with E-state index in [2.05, 4.69) is 41.3 Å². The minimum Gasteiger partial charge on any atom is -0.339 e. The first kappa shape index (κ1) is 14.6. The smallest absolute Gasteiger partial charge is 0.228 e. The Balaban J connectivity index is 1.57. The summed E-state index contributed by atoms with van der Waals surface area (Å²) >= 11 is 1.73. The molecule has 1 aliphatic carbocycles. The molecule has 2 aromatic rings. The number of aromatic nitrogens is 2. The zero-order chi connectivity index (χ0) is 14.7. The zero-order valence-corrected chi connectivity index (χ0v) is 13.2. The van der Waals surface area contributed by atoms with Crippen LogP contribution in [0.25, 0.3) is 0 Å². The Labute approximate surface area is 129 Å². The summed E-state index contributed by atoms with van der Waals surface area (Å²) in [6.07, 6.45) is 5.24. The van der Waals surface area contributed by atoms with Gasteiger partial charge in [0.25, 0.3) is 0 Å². The highest BCUT2D eigenvalue weighted by atomic mass is 32.2. The van der Waals surface area contributed by atoms with Gasteiger partial charge < -0.3 is 10.3 Å². The van der Waals surface area contributed by atoms with Gasteiger partial charge in [0.15, 0.2) is 5.82 Å². The fourth-order valence-electron chi connectivity index (χ4n) is 2.83. The maximum atomic E-state index is 6.35. The summed E-state index contributed by atoms with van der Waals surface area (Å²) < 4.78 is 5.35. The van der Waals surface area contributed by atoms with Crippen LogP contribution in [0.5, 0.6) is 0 Å². The fourth-order valence-corrected chi connectivity index (χ4v) is 3.69. The SMILES string of the molecule is Cc1cccc(SCc2noc(CC3(N)CCCC3)n2)c1. The summed E-state index contributed by atoms with van der Waals surface area (Å²) in [5, 5.41) is 4.06. The summed E-state index contributed by atoms with van der Waals surface area (Å²) in [4.78, 5) is 5.71. The number of thioether (sulfide) groups is 1. The van der Waals surface area contributed by atoms with Gasteiger partial charge in [-0.25, -0.2) is 0 Å². The highest BCUT2D eigenvalue weighted by molar-refractivity contribution is 7.98. The van der Waals surface area contributed by atoms with Crippen molar-refractivity contribution >= 4 is 11.8 Å². The van der Waals surface area contributed by atoms with Crippen LogP contribution < -0.4 is 5.73 Å². The standard InChI is InChI=1S/C16H21N3OS/c1-12-5-4-6-13(9-12)21-11-14-18-15(20-19-14)10-16(17)7-2-3-8-16/h4-6,9H,2-3,7-8,10-11,17H2,1H3. The molecule has 1 aliphatic rings. The van der Waals surface area contributed by atoms with Crippen molar-refractivity contribution in [3.63, 3.8) is 0 Å². The van der Waals surface area contributed by atoms with Crippen molar-refractivity contribution in [1.29, 1.82) is 0 Å². The van der Waals surface area contributed by atoms with Crippen molar-refractivity contribution in [1.82, 2.24) is 10.1 Å². The topological polar surface area (TPSA) is 64.9 Å². The Morgan fingerprint density at radius 3 is 2.90 bits per heavy atom. The quantitative estimate of drug-likeness (QED) is 0.857. The third-order valence-electron chi connectivity index (χ3n) is 3.97. The van der Waals surface area contributed by atoms with Crippen molar-refractivity contribution in [3.8, 4) is 0 Å². The molecule has 0 bridgehead atoms. The highest BCUT2D eigenvalue weighted by Gasteiger charge is 2.31. The molecule has 3 rings (SSSR count). The molecule has 1 aromatic carbocycles. The van der Waals surface area contributed by atoms with Gasteiger partial charge in [-0.1, -0.05) is 35.7 Å². The largest absolute Gasteiger partial charge is 0.339 e. The number of benzene rings is 1. The molecule has 2 N–H and O–H groups in total. The lowest BCUT2D eigenvalue weighted by Crippen LogP contribution is -2.38. The van der Waals surface area contributed by atoms with E-state index in [-0.39, 0.29) is 5.54 Å². The maximum absolute atomic E-state index is 6.35. The van der Waals surface area contributed by atoms with E-state index >= 15 is 0 Å². The van der Waals surface area contributed by atoms with Crippen molar-refractivity contribution in [2.45, 2.75) is 55.2 Å². The van der Waals surface area contributed by atoms with E-state index in [1.165, 1.54) is 23.3 Å². The Morgan fingerprint density at radius 2 is 2.14 bits per heavy atom. The van der Waals surface area contributed by atoms with Gasteiger partial charge in [0.1, 0.15) is 0 Å². The Kier molecular flexibility index (Phi) is 4.31. The Morgan fingerprint density at radius 1 is 1.33 bits per heavy atom. The molecular formula is C16H21N3OS. The molecule has 1 heterocycles. The molecule has 4 nitrogen and oxygen atoms in total. The van der Waals surface area contributed by atoms with Crippen LogP contribution >= 0.6 is 11.8 Å². The lowest BCUT2D eigenvalue weighted by molar-refractivity contribution is 0.327. The molecule has 0 atom stereocenters. The third kappa shape index (κ3) is 3.86. The first-order valence-electron chi connectivity index (χ1n) is 7.43. The number of aryl methyl sites for hydroxylation is 1. The van der Waals surface area contributed by atoms with Crippen LogP contribution in [-0.4, -0.2) is 15.7 Å². The number of hydrogen-bond donors (Lipinski definition) is 1. The van der Waals surface area contributed by atoms with Gasteiger partial charge in [-0.05, 0) is 31.9 Å². The number of rotatable bonds is 5. The molecule has 0 amide bonds. The second kappa shape index (κ2) is 6.20. The van der Waals surface area contributed by atoms with Crippen molar-refractivity contribution in [3.05, 3.63) is 41.5 Å². The van der Waals surface area contributed by atoms with Crippen LogP contribution in [0.1, 0.15) is 43.0 Å². The summed E-state index contributed by atoms with van der Waals surface area (Å²) in [6.45, 7) is 2.10. The summed E-state index contributed by atoms with van der Waals surface area (Å²) in [7, 11) is 0. The minimum absolute atomic E-state index is 0.131. The van der Waals surface area contributed by atoms with E-state index in [9.17, 15) is 0 Å². The second-order valence-corrected chi connectivity index (χ2v) is 7.00. The van der Waals surface area contributed by atoms with Crippen molar-refractivity contribution in [2.75, 3.05) is 0 Å². The van der Waals surface area contributed by atoms with Crippen LogP contribution in [0.4, 0.5) is 0 Å². The van der Waals surface area contributed by atoms with E-state index in [1.807, 2.05) is 0 Å². The molecule has 1 aromatic heterocycles. The van der Waals surface area contributed by atoms with E-state index in [0.717, 1.165) is 24.4 Å². The average Bonchev–Trinajstić information content (AvgIpc) is 3.06. The zero-order valence-electron chi connectivity index (χ0n) is 12.3. The molecule has 5 heteroatoms. The Hall–Kier alpha value is -1.33. The molecule has 0 spiro atoms. The minimum atomic E-state index is -0.131. The van der Waals surface area contributed by atoms with Crippen LogP contribution in [0, 0.1) is 6.92 Å². The van der Waals surface area contributed by atoms with Gasteiger partial charge in [-0.15, -0.1) is 11.8 Å². The van der Waals surface area contributed by atoms with E-state index in [4.69, 9.17) is 10.3 Å². The Bertz CT molecular complexity index is 605. The summed E-state index contributed by atoms with van der Waals surface area (Å²) in [5.41, 5.74) is 7.48. The number of nitrogens with two attached hydrogens (primary N) is 1. The predicted octanol–water partition coefficient (Wildman–Crippen LogP) is 3.48. The molecule has 112 valence electrons. The van der Waals surface area contributed by atoms with Crippen LogP contribution in [0.3, 0.4) is 0 Å². The van der Waals surface area contributed by atoms with Crippen LogP contribution in [0.15, 0.2) is 33.7 Å². The molecule has 0 saturated heterocycles. The number of nitrogens with zero attached hydrogens (tertiary/aromatic N) is 2. The van der Waals surface area contributed by atoms with Gasteiger partial charge in [0.2, 0.25) is 5.89 Å². The molecule has 0 aliphatic heterocycles. The first-order chi connectivity index (χ1) is 10.1. The number of hydrogen-bond acceptors (Lipinski definition) is 5. The lowest BCUT2D eigenvalue weighted by Gasteiger charge is -2.20. The fraction of sp³-hybridized carbons (Fsp3) is 0.500. The predicted molar refractivity (Wildman–Crippen MR) is 84.1 cm³/mol. The van der Waals surface area contributed by atoms with Crippen molar-refractivity contribution < 1.29 is 4.52 Å². The molecular weight excluding hydrogens is 282 g/mol. The summed E-state index contributed by atoms with van der Waals surface area (Å²) in [5.74, 6) is 2.15. The first-order valence-corrected chi connectivity index (χ1v) is 8.41. The molecule has 0 radical (unpaired) electrons. The normalized spacial score (nSPS) is 17.2. The maximum Gasteiger partial charge on any atom is 0.228 e. The molecule has 1 fully saturated rings. The van der Waals surface area contributed by atoms with E-state index in [0.29, 0.717) is 12.3 Å². The lowest BCUT2D eigenvalue weighted by atomic mass is 9.95. The second-order valence-electron chi connectivity index (χ2n) is 5.96. The van der Waals surface area contributed by atoms with Gasteiger partial charge >= 0.3 is 0 Å². The van der Waals surface area contributed by atoms with E-state index < -0.39 is 0 Å². The van der Waals surface area contributed by atoms with Gasteiger partial charge in [0.05, 0.1) is 5.75 Å². The van der Waals surface area contributed by atoms with Crippen LogP contribution in [0.2, 0.25) is 0 Å². The summed E-state index contributed by atoms with van der Waals surface area (Å²) in [6, 6.07) is 8.43. The monoisotopic (exact) mass is 303 g/mol. The molecule has 21 heavy (non-hydrogen) atoms. The van der Waals surface area contributed by atoms with Gasteiger partial charge in [-0.3, -0.25) is 0 Å². The van der Waals surface area contributed by atoms with E-state index in [1.54, 1.807) is 11.8 Å². The molecule has 1 saturated carbocycles. The average molecular weight is 303 g/mol. The van der Waals surface area contributed by atoms with Gasteiger partial charge in [0, 0.05) is 16.9 Å². The van der Waals surface area contributed by atoms with Gasteiger partial charge in [-0.2, -0.15) is 4.98 Å². The highest BCUT2D eigenvalue weighted by Crippen LogP contribution is 2.30. The van der Waals surface area contributed by atoms with Crippen LogP contribution in [-0.2, 0) is 12.2 Å². The van der Waals surface area contributed by atoms with Crippen molar-refractivity contribution in [2.24, 2.45) is 5.73 Å². The molecule has 0 unspecified atom stereocenters. The third-order valence-corrected chi connectivity index (χ3v) is 4.96.